The van der Waals surface area contributed by atoms with Crippen LogP contribution in [0.2, 0.25) is 0 Å². The van der Waals surface area contributed by atoms with Gasteiger partial charge in [0, 0.05) is 11.5 Å². The third-order valence-corrected chi connectivity index (χ3v) is 6.73. The number of fused-ring (bicyclic) bond motifs is 3. The molecule has 152 valence electrons. The van der Waals surface area contributed by atoms with Gasteiger partial charge in [0.1, 0.15) is 0 Å². The number of aromatic nitrogens is 2. The SMILES string of the molecule is O=C(O)/C=C/c1ccc(C(=C2C3CCCC2CCC3)c2ccc3[nH]ncc3c2)cc1. The van der Waals surface area contributed by atoms with Crippen molar-refractivity contribution >= 4 is 28.5 Å². The van der Waals surface area contributed by atoms with Crippen LogP contribution in [0.25, 0.3) is 22.6 Å². The lowest BCUT2D eigenvalue weighted by molar-refractivity contribution is -0.131. The van der Waals surface area contributed by atoms with E-state index in [9.17, 15) is 4.79 Å². The normalized spacial score (nSPS) is 21.3. The number of hydrogen-bond acceptors (Lipinski definition) is 2. The van der Waals surface area contributed by atoms with Gasteiger partial charge in [0.2, 0.25) is 0 Å². The van der Waals surface area contributed by atoms with Crippen molar-refractivity contribution in [2.75, 3.05) is 0 Å². The van der Waals surface area contributed by atoms with Crippen molar-refractivity contribution in [3.05, 3.63) is 77.0 Å². The number of hydrogen-bond donors (Lipinski definition) is 2. The lowest BCUT2D eigenvalue weighted by atomic mass is 9.65. The molecule has 0 unspecified atom stereocenters. The molecule has 1 heterocycles. The molecule has 0 atom stereocenters. The van der Waals surface area contributed by atoms with Crippen molar-refractivity contribution in [1.82, 2.24) is 10.2 Å². The van der Waals surface area contributed by atoms with E-state index in [0.717, 1.165) is 16.5 Å². The zero-order valence-corrected chi connectivity index (χ0v) is 17.0. The summed E-state index contributed by atoms with van der Waals surface area (Å²) in [6.07, 6.45) is 12.6. The van der Waals surface area contributed by atoms with Gasteiger partial charge in [-0.25, -0.2) is 4.79 Å². The summed E-state index contributed by atoms with van der Waals surface area (Å²) < 4.78 is 0. The predicted molar refractivity (Wildman–Crippen MR) is 120 cm³/mol. The molecule has 30 heavy (non-hydrogen) atoms. The third kappa shape index (κ3) is 3.58. The molecule has 0 aliphatic heterocycles. The standard InChI is InChI=1S/C26H26N2O2/c29-24(30)14-9-17-7-10-20(11-8-17)26(21-12-13-23-22(15-21)16-27-28-23)25-18-3-1-4-19(25)6-2-5-18/h7-16,18-19H,1-6H2,(H,27,28)(H,29,30)/b14-9+,26-25?. The van der Waals surface area contributed by atoms with E-state index < -0.39 is 5.97 Å². The minimum atomic E-state index is -0.926. The summed E-state index contributed by atoms with van der Waals surface area (Å²) in [6, 6.07) is 14.9. The number of carboxylic acids is 1. The van der Waals surface area contributed by atoms with Crippen molar-refractivity contribution < 1.29 is 9.90 Å². The molecule has 3 aromatic rings. The largest absolute Gasteiger partial charge is 0.478 e. The van der Waals surface area contributed by atoms with Crippen molar-refractivity contribution in [3.8, 4) is 0 Å². The second-order valence-corrected chi connectivity index (χ2v) is 8.55. The zero-order valence-electron chi connectivity index (χ0n) is 17.0. The van der Waals surface area contributed by atoms with Gasteiger partial charge in [0.05, 0.1) is 11.7 Å². The summed E-state index contributed by atoms with van der Waals surface area (Å²) in [7, 11) is 0. The topological polar surface area (TPSA) is 66.0 Å². The molecule has 2 fully saturated rings. The van der Waals surface area contributed by atoms with Crippen LogP contribution in [0.15, 0.2) is 60.3 Å². The number of aliphatic carboxylic acids is 1. The van der Waals surface area contributed by atoms with Crippen LogP contribution >= 0.6 is 0 Å². The number of rotatable bonds is 4. The highest BCUT2D eigenvalue weighted by atomic mass is 16.4. The van der Waals surface area contributed by atoms with Gasteiger partial charge in [-0.2, -0.15) is 5.10 Å². The molecule has 2 N–H and O–H groups in total. The maximum absolute atomic E-state index is 10.8. The van der Waals surface area contributed by atoms with Crippen LogP contribution in [-0.4, -0.2) is 21.3 Å². The monoisotopic (exact) mass is 398 g/mol. The van der Waals surface area contributed by atoms with Gasteiger partial charge < -0.3 is 5.11 Å². The number of H-pyrrole nitrogens is 1. The van der Waals surface area contributed by atoms with Crippen LogP contribution in [0.5, 0.6) is 0 Å². The second-order valence-electron chi connectivity index (χ2n) is 8.55. The molecule has 0 radical (unpaired) electrons. The molecule has 2 aromatic carbocycles. The van der Waals surface area contributed by atoms with E-state index in [4.69, 9.17) is 5.11 Å². The molecular formula is C26H26N2O2. The Morgan fingerprint density at radius 3 is 2.30 bits per heavy atom. The zero-order chi connectivity index (χ0) is 20.5. The summed E-state index contributed by atoms with van der Waals surface area (Å²) in [5, 5.41) is 17.3. The van der Waals surface area contributed by atoms with Crippen LogP contribution in [-0.2, 0) is 4.79 Å². The number of carbonyl (C=O) groups is 1. The molecule has 2 aliphatic carbocycles. The molecule has 2 aliphatic rings. The van der Waals surface area contributed by atoms with Crippen LogP contribution < -0.4 is 0 Å². The number of carboxylic acid groups (broad SMARTS) is 1. The van der Waals surface area contributed by atoms with Crippen LogP contribution in [0.4, 0.5) is 0 Å². The van der Waals surface area contributed by atoms with E-state index >= 15 is 0 Å². The molecule has 2 saturated carbocycles. The summed E-state index contributed by atoms with van der Waals surface area (Å²) in [6.45, 7) is 0. The molecule has 0 amide bonds. The van der Waals surface area contributed by atoms with Gasteiger partial charge in [-0.3, -0.25) is 5.10 Å². The molecule has 1 aromatic heterocycles. The van der Waals surface area contributed by atoms with E-state index in [-0.39, 0.29) is 0 Å². The number of allylic oxidation sites excluding steroid dienone is 1. The number of nitrogens with one attached hydrogen (secondary N) is 1. The van der Waals surface area contributed by atoms with Crippen molar-refractivity contribution in [3.63, 3.8) is 0 Å². The van der Waals surface area contributed by atoms with Gasteiger partial charge in [0.15, 0.2) is 0 Å². The molecule has 5 rings (SSSR count). The Labute approximate surface area is 176 Å². The quantitative estimate of drug-likeness (QED) is 0.525. The third-order valence-electron chi connectivity index (χ3n) is 6.73. The van der Waals surface area contributed by atoms with Crippen molar-refractivity contribution in [1.29, 1.82) is 0 Å². The van der Waals surface area contributed by atoms with E-state index in [1.807, 2.05) is 18.3 Å². The van der Waals surface area contributed by atoms with E-state index in [2.05, 4.69) is 40.5 Å². The molecule has 0 spiro atoms. The Morgan fingerprint density at radius 2 is 1.63 bits per heavy atom. The smallest absolute Gasteiger partial charge is 0.328 e. The Morgan fingerprint density at radius 1 is 0.967 bits per heavy atom. The molecule has 4 heteroatoms. The van der Waals surface area contributed by atoms with Gasteiger partial charge in [-0.15, -0.1) is 0 Å². The Balaban J connectivity index is 1.65. The maximum Gasteiger partial charge on any atom is 0.328 e. The fourth-order valence-corrected chi connectivity index (χ4v) is 5.40. The van der Waals surface area contributed by atoms with Crippen LogP contribution in [0.3, 0.4) is 0 Å². The predicted octanol–water partition coefficient (Wildman–Crippen LogP) is 6.06. The molecule has 2 bridgehead atoms. The fourth-order valence-electron chi connectivity index (χ4n) is 5.40. The first-order chi connectivity index (χ1) is 14.7. The summed E-state index contributed by atoms with van der Waals surface area (Å²) in [4.78, 5) is 10.8. The highest BCUT2D eigenvalue weighted by Gasteiger charge is 2.33. The Kier molecular flexibility index (Phi) is 4.99. The average Bonchev–Trinajstić information content (AvgIpc) is 3.21. The van der Waals surface area contributed by atoms with Crippen molar-refractivity contribution in [2.45, 2.75) is 38.5 Å². The average molecular weight is 399 g/mol. The van der Waals surface area contributed by atoms with Gasteiger partial charge in [0.25, 0.3) is 0 Å². The first-order valence-corrected chi connectivity index (χ1v) is 10.9. The first-order valence-electron chi connectivity index (χ1n) is 10.9. The Bertz CT molecular complexity index is 1110. The van der Waals surface area contributed by atoms with Crippen LogP contribution in [0.1, 0.15) is 55.2 Å². The number of nitrogens with zero attached hydrogens (tertiary/aromatic N) is 1. The lowest BCUT2D eigenvalue weighted by Crippen LogP contribution is -2.25. The molecule has 4 nitrogen and oxygen atoms in total. The van der Waals surface area contributed by atoms with Crippen LogP contribution in [0, 0.1) is 11.8 Å². The number of benzene rings is 2. The lowest BCUT2D eigenvalue weighted by Gasteiger charge is -2.39. The first kappa shape index (κ1) is 18.9. The highest BCUT2D eigenvalue weighted by Crippen LogP contribution is 2.48. The summed E-state index contributed by atoms with van der Waals surface area (Å²) >= 11 is 0. The van der Waals surface area contributed by atoms with Gasteiger partial charge >= 0.3 is 5.97 Å². The van der Waals surface area contributed by atoms with E-state index in [0.29, 0.717) is 11.8 Å². The minimum absolute atomic E-state index is 0.680. The number of aromatic amines is 1. The van der Waals surface area contributed by atoms with Gasteiger partial charge in [-0.05, 0) is 78.0 Å². The van der Waals surface area contributed by atoms with E-state index in [1.54, 1.807) is 11.6 Å². The maximum atomic E-state index is 10.8. The highest BCUT2D eigenvalue weighted by molar-refractivity contribution is 5.89. The summed E-state index contributed by atoms with van der Waals surface area (Å²) in [5.41, 5.74) is 7.46. The van der Waals surface area contributed by atoms with E-state index in [1.165, 1.54) is 61.3 Å². The molecular weight excluding hydrogens is 372 g/mol. The minimum Gasteiger partial charge on any atom is -0.478 e. The van der Waals surface area contributed by atoms with Gasteiger partial charge in [-0.1, -0.05) is 48.7 Å². The second kappa shape index (κ2) is 7.94. The van der Waals surface area contributed by atoms with Crippen molar-refractivity contribution in [2.24, 2.45) is 11.8 Å². The fraction of sp³-hybridized carbons (Fsp3) is 0.308. The molecule has 0 saturated heterocycles. The Hall–Kier alpha value is -3.14. The summed E-state index contributed by atoms with van der Waals surface area (Å²) in [5.74, 6) is 0.434.